The molecule has 2 fully saturated rings. The average Bonchev–Trinajstić information content (AvgIpc) is 2.50. The summed E-state index contributed by atoms with van der Waals surface area (Å²) in [7, 11) is 0. The molecule has 0 amide bonds. The van der Waals surface area contributed by atoms with Gasteiger partial charge in [0.1, 0.15) is 0 Å². The van der Waals surface area contributed by atoms with Gasteiger partial charge in [0.05, 0.1) is 0 Å². The third kappa shape index (κ3) is 1.30. The zero-order valence-electron chi connectivity index (χ0n) is 7.13. The molecule has 2 saturated heterocycles. The molecule has 2 aliphatic rings. The van der Waals surface area contributed by atoms with Gasteiger partial charge in [0.2, 0.25) is 0 Å². The Morgan fingerprint density at radius 2 is 1.91 bits per heavy atom. The summed E-state index contributed by atoms with van der Waals surface area (Å²) in [5, 5.41) is 0. The largest absolute Gasteiger partial charge is 0.330 e. The maximum atomic E-state index is 5.73. The van der Waals surface area contributed by atoms with Crippen molar-refractivity contribution in [2.45, 2.75) is 31.7 Å². The van der Waals surface area contributed by atoms with Gasteiger partial charge in [-0.2, -0.15) is 0 Å². The van der Waals surface area contributed by atoms with E-state index in [4.69, 9.17) is 5.73 Å². The van der Waals surface area contributed by atoms with Crippen LogP contribution in [0.5, 0.6) is 0 Å². The van der Waals surface area contributed by atoms with E-state index in [1.165, 1.54) is 38.8 Å². The molecule has 64 valence electrons. The van der Waals surface area contributed by atoms with Crippen LogP contribution in [0.1, 0.15) is 25.7 Å². The van der Waals surface area contributed by atoms with Crippen molar-refractivity contribution in [3.05, 3.63) is 0 Å². The van der Waals surface area contributed by atoms with E-state index in [-0.39, 0.29) is 0 Å². The molecule has 0 aromatic heterocycles. The summed E-state index contributed by atoms with van der Waals surface area (Å²) in [6.07, 6.45) is 5.55. The van der Waals surface area contributed by atoms with Crippen LogP contribution in [0.2, 0.25) is 0 Å². The zero-order chi connectivity index (χ0) is 7.68. The van der Waals surface area contributed by atoms with E-state index in [2.05, 4.69) is 4.90 Å². The highest BCUT2D eigenvalue weighted by molar-refractivity contribution is 4.88. The van der Waals surface area contributed by atoms with Gasteiger partial charge in [-0.1, -0.05) is 0 Å². The minimum Gasteiger partial charge on any atom is -0.330 e. The summed E-state index contributed by atoms with van der Waals surface area (Å²) < 4.78 is 0. The summed E-state index contributed by atoms with van der Waals surface area (Å²) in [5.41, 5.74) is 5.73. The van der Waals surface area contributed by atoms with Crippen molar-refractivity contribution >= 4 is 0 Å². The molecule has 2 rings (SSSR count). The topological polar surface area (TPSA) is 29.3 Å². The van der Waals surface area contributed by atoms with Gasteiger partial charge in [0, 0.05) is 6.04 Å². The minimum atomic E-state index is 0.811. The Labute approximate surface area is 68.7 Å². The van der Waals surface area contributed by atoms with Crippen molar-refractivity contribution in [1.82, 2.24) is 4.90 Å². The van der Waals surface area contributed by atoms with Crippen LogP contribution >= 0.6 is 0 Å². The molecule has 11 heavy (non-hydrogen) atoms. The molecule has 2 atom stereocenters. The van der Waals surface area contributed by atoms with Crippen molar-refractivity contribution in [2.75, 3.05) is 19.6 Å². The molecule has 0 bridgehead atoms. The lowest BCUT2D eigenvalue weighted by atomic mass is 9.89. The van der Waals surface area contributed by atoms with Crippen LogP contribution in [-0.2, 0) is 0 Å². The van der Waals surface area contributed by atoms with Crippen molar-refractivity contribution in [2.24, 2.45) is 11.7 Å². The third-order valence-electron chi connectivity index (χ3n) is 3.28. The highest BCUT2D eigenvalue weighted by Crippen LogP contribution is 2.30. The molecule has 2 unspecified atom stereocenters. The van der Waals surface area contributed by atoms with Crippen molar-refractivity contribution in [3.8, 4) is 0 Å². The Morgan fingerprint density at radius 3 is 2.64 bits per heavy atom. The second-order valence-corrected chi connectivity index (χ2v) is 3.88. The van der Waals surface area contributed by atoms with Crippen LogP contribution in [-0.4, -0.2) is 30.6 Å². The molecule has 0 saturated carbocycles. The number of hydrogen-bond acceptors (Lipinski definition) is 2. The predicted molar refractivity (Wildman–Crippen MR) is 46.4 cm³/mol. The highest BCUT2D eigenvalue weighted by Gasteiger charge is 2.33. The van der Waals surface area contributed by atoms with Gasteiger partial charge < -0.3 is 10.6 Å². The summed E-state index contributed by atoms with van der Waals surface area (Å²) in [6, 6.07) is 0.855. The number of nitrogens with zero attached hydrogens (tertiary/aromatic N) is 1. The zero-order valence-corrected chi connectivity index (χ0v) is 7.13. The number of rotatable bonds is 1. The Morgan fingerprint density at radius 1 is 1.18 bits per heavy atom. The van der Waals surface area contributed by atoms with Crippen LogP contribution in [0, 0.1) is 5.92 Å². The summed E-state index contributed by atoms with van der Waals surface area (Å²) in [5.74, 6) is 0.811. The molecule has 2 heteroatoms. The average molecular weight is 154 g/mol. The molecular weight excluding hydrogens is 136 g/mol. The van der Waals surface area contributed by atoms with Crippen LogP contribution in [0.4, 0.5) is 0 Å². The Bertz CT molecular complexity index is 136. The normalized spacial score (nSPS) is 39.0. The number of fused-ring (bicyclic) bond motifs is 1. The van der Waals surface area contributed by atoms with Crippen molar-refractivity contribution < 1.29 is 0 Å². The van der Waals surface area contributed by atoms with Gasteiger partial charge in [-0.15, -0.1) is 0 Å². The monoisotopic (exact) mass is 154 g/mol. The quantitative estimate of drug-likeness (QED) is 0.606. The molecule has 2 nitrogen and oxygen atoms in total. The minimum absolute atomic E-state index is 0.811. The maximum absolute atomic E-state index is 5.73. The van der Waals surface area contributed by atoms with Gasteiger partial charge in [0.25, 0.3) is 0 Å². The molecule has 0 spiro atoms. The highest BCUT2D eigenvalue weighted by atomic mass is 15.2. The van der Waals surface area contributed by atoms with E-state index in [9.17, 15) is 0 Å². The van der Waals surface area contributed by atoms with Crippen LogP contribution < -0.4 is 5.73 Å². The van der Waals surface area contributed by atoms with Gasteiger partial charge in [-0.25, -0.2) is 0 Å². The van der Waals surface area contributed by atoms with Crippen LogP contribution in [0.3, 0.4) is 0 Å². The van der Waals surface area contributed by atoms with Gasteiger partial charge in [-0.3, -0.25) is 0 Å². The van der Waals surface area contributed by atoms with Crippen molar-refractivity contribution in [1.29, 1.82) is 0 Å². The van der Waals surface area contributed by atoms with E-state index in [1.807, 2.05) is 0 Å². The summed E-state index contributed by atoms with van der Waals surface area (Å²) in [4.78, 5) is 2.64. The van der Waals surface area contributed by atoms with Crippen molar-refractivity contribution in [3.63, 3.8) is 0 Å². The Hall–Kier alpha value is -0.0800. The molecule has 2 N–H and O–H groups in total. The van der Waals surface area contributed by atoms with E-state index in [1.54, 1.807) is 0 Å². The fourth-order valence-electron chi connectivity index (χ4n) is 2.69. The second-order valence-electron chi connectivity index (χ2n) is 3.88. The number of hydrogen-bond donors (Lipinski definition) is 1. The van der Waals surface area contributed by atoms with E-state index in [0.717, 1.165) is 18.5 Å². The number of piperidine rings is 1. The fraction of sp³-hybridized carbons (Fsp3) is 1.00. The SMILES string of the molecule is NCC1CCCN2CCCC12. The number of nitrogens with two attached hydrogens (primary N) is 1. The predicted octanol–water partition coefficient (Wildman–Crippen LogP) is 0.819. The van der Waals surface area contributed by atoms with E-state index >= 15 is 0 Å². The molecular formula is C9H18N2. The molecule has 2 heterocycles. The fourth-order valence-corrected chi connectivity index (χ4v) is 2.69. The lowest BCUT2D eigenvalue weighted by Gasteiger charge is -2.35. The molecule has 2 aliphatic heterocycles. The van der Waals surface area contributed by atoms with E-state index < -0.39 is 0 Å². The lowest BCUT2D eigenvalue weighted by Crippen LogP contribution is -2.43. The molecule has 0 radical (unpaired) electrons. The van der Waals surface area contributed by atoms with E-state index in [0.29, 0.717) is 0 Å². The van der Waals surface area contributed by atoms with Gasteiger partial charge in [-0.05, 0) is 51.2 Å². The Balaban J connectivity index is 2.00. The summed E-state index contributed by atoms with van der Waals surface area (Å²) in [6.45, 7) is 3.57. The van der Waals surface area contributed by atoms with Crippen LogP contribution in [0.25, 0.3) is 0 Å². The first kappa shape index (κ1) is 7.56. The lowest BCUT2D eigenvalue weighted by molar-refractivity contribution is 0.138. The second kappa shape index (κ2) is 3.11. The molecule has 0 aromatic rings. The smallest absolute Gasteiger partial charge is 0.0136 e. The Kier molecular flexibility index (Phi) is 2.14. The molecule has 0 aliphatic carbocycles. The standard InChI is InChI=1S/C9H18N2/c10-7-8-3-1-5-11-6-2-4-9(8)11/h8-9H,1-7,10H2. The maximum Gasteiger partial charge on any atom is 0.0136 e. The first-order valence-corrected chi connectivity index (χ1v) is 4.86. The van der Waals surface area contributed by atoms with Gasteiger partial charge >= 0.3 is 0 Å². The molecule has 0 aromatic carbocycles. The third-order valence-corrected chi connectivity index (χ3v) is 3.28. The van der Waals surface area contributed by atoms with Crippen LogP contribution in [0.15, 0.2) is 0 Å². The first-order chi connectivity index (χ1) is 5.42. The summed E-state index contributed by atoms with van der Waals surface area (Å²) >= 11 is 0. The van der Waals surface area contributed by atoms with Gasteiger partial charge in [0.15, 0.2) is 0 Å². The first-order valence-electron chi connectivity index (χ1n) is 4.86.